The van der Waals surface area contributed by atoms with E-state index < -0.39 is 0 Å². The van der Waals surface area contributed by atoms with Crippen molar-refractivity contribution >= 4 is 15.9 Å². The molecule has 0 atom stereocenters. The highest BCUT2D eigenvalue weighted by Gasteiger charge is 2.03. The maximum absolute atomic E-state index is 8.69. The summed E-state index contributed by atoms with van der Waals surface area (Å²) in [6.07, 6.45) is 1.72. The lowest BCUT2D eigenvalue weighted by Gasteiger charge is -2.11. The molecular formula is C12H16BrClNO2-. The van der Waals surface area contributed by atoms with Crippen LogP contribution >= 0.6 is 15.9 Å². The van der Waals surface area contributed by atoms with Gasteiger partial charge in [-0.3, -0.25) is 0 Å². The number of halogens is 2. The summed E-state index contributed by atoms with van der Waals surface area (Å²) in [5.74, 6) is 0.841. The van der Waals surface area contributed by atoms with Gasteiger partial charge < -0.3 is 27.6 Å². The van der Waals surface area contributed by atoms with E-state index in [-0.39, 0.29) is 19.0 Å². The zero-order valence-corrected chi connectivity index (χ0v) is 11.8. The lowest BCUT2D eigenvalue weighted by Crippen LogP contribution is -3.00. The predicted molar refractivity (Wildman–Crippen MR) is 68.6 cm³/mol. The summed E-state index contributed by atoms with van der Waals surface area (Å²) >= 11 is 3.42. The predicted octanol–water partition coefficient (Wildman–Crippen LogP) is -0.900. The molecule has 0 saturated heterocycles. The summed E-state index contributed by atoms with van der Waals surface area (Å²) in [5.41, 5.74) is 1.06. The van der Waals surface area contributed by atoms with Gasteiger partial charge in [0.1, 0.15) is 12.4 Å². The number of hydrogen-bond acceptors (Lipinski definition) is 3. The highest BCUT2D eigenvalue weighted by molar-refractivity contribution is 9.10. The van der Waals surface area contributed by atoms with Crippen LogP contribution in [0.3, 0.4) is 0 Å². The number of rotatable bonds is 7. The fourth-order valence-electron chi connectivity index (χ4n) is 1.28. The lowest BCUT2D eigenvalue weighted by atomic mass is 10.2. The van der Waals surface area contributed by atoms with E-state index in [1.807, 2.05) is 18.2 Å². The van der Waals surface area contributed by atoms with Crippen LogP contribution in [0.25, 0.3) is 0 Å². The first-order chi connectivity index (χ1) is 7.77. The molecule has 96 valence electrons. The molecule has 0 aliphatic rings. The second-order valence-corrected chi connectivity index (χ2v) is 4.17. The number of aliphatic hydroxyl groups is 1. The van der Waals surface area contributed by atoms with Crippen LogP contribution in [0.5, 0.6) is 5.75 Å². The van der Waals surface area contributed by atoms with Crippen molar-refractivity contribution in [2.75, 3.05) is 19.8 Å². The smallest absolute Gasteiger partial charge is 0.124 e. The zero-order valence-electron chi connectivity index (χ0n) is 9.46. The second kappa shape index (κ2) is 9.48. The third-order valence-corrected chi connectivity index (χ3v) is 2.48. The molecule has 1 aromatic carbocycles. The summed E-state index contributed by atoms with van der Waals surface area (Å²) in [7, 11) is 0. The minimum absolute atomic E-state index is 0. The average molecular weight is 322 g/mol. The molecule has 0 heterocycles. The Morgan fingerprint density at radius 2 is 2.24 bits per heavy atom. The van der Waals surface area contributed by atoms with E-state index in [1.54, 1.807) is 6.08 Å². The standard InChI is InChI=1S/C12H16BrNO2.ClH/c1-2-7-16-12-4-3-11(13)8-10(12)9-14-5-6-15;/h2-4,8,14-15H,1,5-7,9H2;1H/p-1. The minimum atomic E-state index is 0. The number of benzene rings is 1. The lowest BCUT2D eigenvalue weighted by molar-refractivity contribution is -0.00000462. The van der Waals surface area contributed by atoms with E-state index in [2.05, 4.69) is 27.8 Å². The summed E-state index contributed by atoms with van der Waals surface area (Å²) < 4.78 is 6.54. The number of ether oxygens (including phenoxy) is 1. The molecule has 0 bridgehead atoms. The van der Waals surface area contributed by atoms with Crippen molar-refractivity contribution < 1.29 is 22.3 Å². The third-order valence-electron chi connectivity index (χ3n) is 1.98. The maximum Gasteiger partial charge on any atom is 0.124 e. The average Bonchev–Trinajstić information content (AvgIpc) is 2.28. The molecule has 1 aromatic rings. The molecular weight excluding hydrogens is 305 g/mol. The molecule has 0 spiro atoms. The molecule has 3 nitrogen and oxygen atoms in total. The topological polar surface area (TPSA) is 41.5 Å². The van der Waals surface area contributed by atoms with Crippen molar-refractivity contribution in [1.29, 1.82) is 0 Å². The van der Waals surface area contributed by atoms with Crippen LogP contribution in [0.2, 0.25) is 0 Å². The SMILES string of the molecule is C=CCOc1ccc(Br)cc1CNCCO.[Cl-]. The van der Waals surface area contributed by atoms with Crippen LogP contribution in [-0.2, 0) is 6.54 Å². The van der Waals surface area contributed by atoms with Crippen LogP contribution < -0.4 is 22.5 Å². The Balaban J connectivity index is 0.00000256. The van der Waals surface area contributed by atoms with Gasteiger partial charge >= 0.3 is 0 Å². The fourth-order valence-corrected chi connectivity index (χ4v) is 1.69. The Kier molecular flexibility index (Phi) is 9.17. The Morgan fingerprint density at radius 3 is 2.88 bits per heavy atom. The van der Waals surface area contributed by atoms with E-state index in [0.29, 0.717) is 19.7 Å². The minimum Gasteiger partial charge on any atom is -1.00 e. The first-order valence-electron chi connectivity index (χ1n) is 5.11. The quantitative estimate of drug-likeness (QED) is 0.505. The number of aliphatic hydroxyl groups excluding tert-OH is 1. The van der Waals surface area contributed by atoms with Crippen molar-refractivity contribution in [2.24, 2.45) is 0 Å². The van der Waals surface area contributed by atoms with Gasteiger partial charge in [0, 0.05) is 23.1 Å². The Labute approximate surface area is 116 Å². The molecule has 0 aromatic heterocycles. The van der Waals surface area contributed by atoms with E-state index in [9.17, 15) is 0 Å². The van der Waals surface area contributed by atoms with Gasteiger partial charge in [0.05, 0.1) is 6.61 Å². The highest BCUT2D eigenvalue weighted by Crippen LogP contribution is 2.23. The maximum atomic E-state index is 8.69. The summed E-state index contributed by atoms with van der Waals surface area (Å²) in [6.45, 7) is 5.50. The van der Waals surface area contributed by atoms with Crippen molar-refractivity contribution in [3.63, 3.8) is 0 Å². The molecule has 0 aliphatic heterocycles. The summed E-state index contributed by atoms with van der Waals surface area (Å²) in [5, 5.41) is 11.8. The van der Waals surface area contributed by atoms with Crippen molar-refractivity contribution in [3.8, 4) is 5.75 Å². The van der Waals surface area contributed by atoms with Gasteiger partial charge in [0.25, 0.3) is 0 Å². The molecule has 17 heavy (non-hydrogen) atoms. The van der Waals surface area contributed by atoms with Gasteiger partial charge in [-0.2, -0.15) is 0 Å². The Hall–Kier alpha value is -0.550. The Morgan fingerprint density at radius 1 is 1.47 bits per heavy atom. The molecule has 0 fully saturated rings. The van der Waals surface area contributed by atoms with Gasteiger partial charge in [-0.05, 0) is 18.2 Å². The fraction of sp³-hybridized carbons (Fsp3) is 0.333. The van der Waals surface area contributed by atoms with Gasteiger partial charge in [0.2, 0.25) is 0 Å². The number of nitrogens with one attached hydrogen (secondary N) is 1. The molecule has 2 N–H and O–H groups in total. The molecule has 0 aliphatic carbocycles. The third kappa shape index (κ3) is 6.07. The van der Waals surface area contributed by atoms with Crippen LogP contribution in [0.15, 0.2) is 35.3 Å². The van der Waals surface area contributed by atoms with Crippen molar-refractivity contribution in [3.05, 3.63) is 40.9 Å². The molecule has 1 rings (SSSR count). The molecule has 0 amide bonds. The first kappa shape index (κ1) is 16.4. The van der Waals surface area contributed by atoms with Gasteiger partial charge in [-0.15, -0.1) is 0 Å². The number of hydrogen-bond donors (Lipinski definition) is 2. The largest absolute Gasteiger partial charge is 1.00 e. The molecule has 0 unspecified atom stereocenters. The molecule has 0 radical (unpaired) electrons. The Bertz CT molecular complexity index is 347. The van der Waals surface area contributed by atoms with Gasteiger partial charge in [-0.1, -0.05) is 28.6 Å². The van der Waals surface area contributed by atoms with Crippen molar-refractivity contribution in [2.45, 2.75) is 6.54 Å². The monoisotopic (exact) mass is 320 g/mol. The van der Waals surface area contributed by atoms with Crippen molar-refractivity contribution in [1.82, 2.24) is 5.32 Å². The van der Waals surface area contributed by atoms with Crippen LogP contribution in [0.1, 0.15) is 5.56 Å². The summed E-state index contributed by atoms with van der Waals surface area (Å²) in [4.78, 5) is 0. The van der Waals surface area contributed by atoms with E-state index >= 15 is 0 Å². The van der Waals surface area contributed by atoms with E-state index in [0.717, 1.165) is 15.8 Å². The van der Waals surface area contributed by atoms with Crippen LogP contribution in [0, 0.1) is 0 Å². The first-order valence-corrected chi connectivity index (χ1v) is 5.91. The summed E-state index contributed by atoms with van der Waals surface area (Å²) in [6, 6.07) is 5.86. The molecule has 0 saturated carbocycles. The van der Waals surface area contributed by atoms with Crippen LogP contribution in [-0.4, -0.2) is 24.9 Å². The van der Waals surface area contributed by atoms with E-state index in [4.69, 9.17) is 9.84 Å². The van der Waals surface area contributed by atoms with E-state index in [1.165, 1.54) is 0 Å². The molecule has 5 heteroatoms. The highest BCUT2D eigenvalue weighted by atomic mass is 79.9. The van der Waals surface area contributed by atoms with Crippen LogP contribution in [0.4, 0.5) is 0 Å². The normalized spacial score (nSPS) is 9.53. The zero-order chi connectivity index (χ0) is 11.8. The van der Waals surface area contributed by atoms with Gasteiger partial charge in [-0.25, -0.2) is 0 Å². The second-order valence-electron chi connectivity index (χ2n) is 3.25. The van der Waals surface area contributed by atoms with Gasteiger partial charge in [0.15, 0.2) is 0 Å².